The molecule has 1 aromatic heterocycles. The summed E-state index contributed by atoms with van der Waals surface area (Å²) in [6.07, 6.45) is 0.494. The van der Waals surface area contributed by atoms with Crippen LogP contribution in [0.25, 0.3) is 0 Å². The van der Waals surface area contributed by atoms with Crippen molar-refractivity contribution in [3.8, 4) is 6.07 Å². The van der Waals surface area contributed by atoms with Gasteiger partial charge in [0.25, 0.3) is 0 Å². The second-order valence-corrected chi connectivity index (χ2v) is 4.50. The third kappa shape index (κ3) is 2.83. The molecule has 0 fully saturated rings. The fraction of sp³-hybridized carbons (Fsp3) is 0.231. The molecule has 0 unspecified atom stereocenters. The normalized spacial score (nSPS) is 9.88. The van der Waals surface area contributed by atoms with Crippen molar-refractivity contribution >= 4 is 22.2 Å². The standard InChI is InChI=1S/C13H13N3S/c1-11-10-17-13(15-11)16(9-5-8-14)12-6-3-2-4-7-12/h2-4,6-7,10H,5,9H2,1H3. The monoisotopic (exact) mass is 243 g/mol. The quantitative estimate of drug-likeness (QED) is 0.825. The van der Waals surface area contributed by atoms with E-state index < -0.39 is 0 Å². The second-order valence-electron chi connectivity index (χ2n) is 3.67. The summed E-state index contributed by atoms with van der Waals surface area (Å²) in [7, 11) is 0. The van der Waals surface area contributed by atoms with E-state index >= 15 is 0 Å². The Kier molecular flexibility index (Phi) is 3.73. The summed E-state index contributed by atoms with van der Waals surface area (Å²) < 4.78 is 0. The van der Waals surface area contributed by atoms with Crippen molar-refractivity contribution in [2.75, 3.05) is 11.4 Å². The zero-order chi connectivity index (χ0) is 12.1. The van der Waals surface area contributed by atoms with Crippen molar-refractivity contribution in [1.29, 1.82) is 5.26 Å². The Balaban J connectivity index is 2.29. The van der Waals surface area contributed by atoms with E-state index in [2.05, 4.69) is 16.0 Å². The van der Waals surface area contributed by atoms with E-state index in [1.54, 1.807) is 11.3 Å². The summed E-state index contributed by atoms with van der Waals surface area (Å²) in [4.78, 5) is 6.56. The van der Waals surface area contributed by atoms with E-state index in [9.17, 15) is 0 Å². The van der Waals surface area contributed by atoms with Gasteiger partial charge in [0.15, 0.2) is 5.13 Å². The highest BCUT2D eigenvalue weighted by Gasteiger charge is 2.11. The van der Waals surface area contributed by atoms with E-state index in [4.69, 9.17) is 5.26 Å². The summed E-state index contributed by atoms with van der Waals surface area (Å²) in [6, 6.07) is 12.2. The molecule has 1 aromatic carbocycles. The molecular formula is C13H13N3S. The Bertz CT molecular complexity index is 513. The maximum atomic E-state index is 8.72. The van der Waals surface area contributed by atoms with Crippen molar-refractivity contribution in [3.63, 3.8) is 0 Å². The molecule has 0 aliphatic carbocycles. The minimum atomic E-state index is 0.494. The maximum Gasteiger partial charge on any atom is 0.190 e. The van der Waals surface area contributed by atoms with Crippen LogP contribution in [0, 0.1) is 18.3 Å². The molecule has 0 saturated heterocycles. The number of hydrogen-bond acceptors (Lipinski definition) is 4. The molecule has 0 radical (unpaired) electrons. The van der Waals surface area contributed by atoms with Gasteiger partial charge in [0.05, 0.1) is 18.2 Å². The lowest BCUT2D eigenvalue weighted by Gasteiger charge is -2.20. The Morgan fingerprint density at radius 2 is 2.12 bits per heavy atom. The smallest absolute Gasteiger partial charge is 0.190 e. The molecule has 4 heteroatoms. The van der Waals surface area contributed by atoms with Gasteiger partial charge in [-0.05, 0) is 19.1 Å². The average molecular weight is 243 g/mol. The number of hydrogen-bond donors (Lipinski definition) is 0. The van der Waals surface area contributed by atoms with Gasteiger partial charge in [-0.2, -0.15) is 5.26 Å². The van der Waals surface area contributed by atoms with Crippen molar-refractivity contribution in [2.45, 2.75) is 13.3 Å². The Labute approximate surface area is 105 Å². The second kappa shape index (κ2) is 5.46. The number of benzene rings is 1. The van der Waals surface area contributed by atoms with Gasteiger partial charge in [0, 0.05) is 17.6 Å². The first kappa shape index (κ1) is 11.6. The Morgan fingerprint density at radius 3 is 2.71 bits per heavy atom. The first-order valence-electron chi connectivity index (χ1n) is 5.43. The number of anilines is 2. The molecule has 2 aromatic rings. The maximum absolute atomic E-state index is 8.72. The fourth-order valence-electron chi connectivity index (χ4n) is 1.57. The van der Waals surface area contributed by atoms with E-state index in [-0.39, 0.29) is 0 Å². The van der Waals surface area contributed by atoms with Crippen molar-refractivity contribution < 1.29 is 0 Å². The van der Waals surface area contributed by atoms with Crippen LogP contribution in [0.4, 0.5) is 10.8 Å². The van der Waals surface area contributed by atoms with Crippen molar-refractivity contribution in [1.82, 2.24) is 4.98 Å². The SMILES string of the molecule is Cc1csc(N(CCC#N)c2ccccc2)n1. The number of nitrogens with zero attached hydrogens (tertiary/aromatic N) is 3. The number of rotatable bonds is 4. The van der Waals surface area contributed by atoms with E-state index in [1.165, 1.54) is 0 Å². The van der Waals surface area contributed by atoms with Gasteiger partial charge >= 0.3 is 0 Å². The summed E-state index contributed by atoms with van der Waals surface area (Å²) >= 11 is 1.61. The van der Waals surface area contributed by atoms with Gasteiger partial charge in [-0.3, -0.25) is 0 Å². The van der Waals surface area contributed by atoms with Gasteiger partial charge in [0.1, 0.15) is 0 Å². The minimum Gasteiger partial charge on any atom is -0.317 e. The number of aromatic nitrogens is 1. The van der Waals surface area contributed by atoms with Crippen LogP contribution in [0.1, 0.15) is 12.1 Å². The van der Waals surface area contributed by atoms with Crippen LogP contribution in [-0.4, -0.2) is 11.5 Å². The van der Waals surface area contributed by atoms with E-state index in [0.29, 0.717) is 13.0 Å². The predicted octanol–water partition coefficient (Wildman–Crippen LogP) is 3.50. The lowest BCUT2D eigenvalue weighted by atomic mass is 10.3. The third-order valence-electron chi connectivity index (χ3n) is 2.35. The molecule has 0 N–H and O–H groups in total. The lowest BCUT2D eigenvalue weighted by Crippen LogP contribution is -2.17. The molecule has 1 heterocycles. The molecule has 3 nitrogen and oxygen atoms in total. The van der Waals surface area contributed by atoms with Gasteiger partial charge < -0.3 is 4.90 Å². The molecular weight excluding hydrogens is 230 g/mol. The molecule has 0 atom stereocenters. The minimum absolute atomic E-state index is 0.494. The molecule has 0 saturated carbocycles. The Morgan fingerprint density at radius 1 is 1.35 bits per heavy atom. The predicted molar refractivity (Wildman–Crippen MR) is 70.5 cm³/mol. The van der Waals surface area contributed by atoms with Gasteiger partial charge in [-0.1, -0.05) is 18.2 Å². The largest absolute Gasteiger partial charge is 0.317 e. The Hall–Kier alpha value is -1.86. The summed E-state index contributed by atoms with van der Waals surface area (Å²) in [5.41, 5.74) is 2.10. The summed E-state index contributed by atoms with van der Waals surface area (Å²) in [6.45, 7) is 2.65. The van der Waals surface area contributed by atoms with Crippen LogP contribution in [-0.2, 0) is 0 Å². The highest BCUT2D eigenvalue weighted by molar-refractivity contribution is 7.13. The zero-order valence-corrected chi connectivity index (χ0v) is 10.4. The molecule has 0 amide bonds. The third-order valence-corrected chi connectivity index (χ3v) is 3.33. The molecule has 17 heavy (non-hydrogen) atoms. The molecule has 2 rings (SSSR count). The van der Waals surface area contributed by atoms with Crippen LogP contribution in [0.5, 0.6) is 0 Å². The van der Waals surface area contributed by atoms with E-state index in [0.717, 1.165) is 16.5 Å². The topological polar surface area (TPSA) is 39.9 Å². The van der Waals surface area contributed by atoms with Crippen LogP contribution >= 0.6 is 11.3 Å². The van der Waals surface area contributed by atoms with Gasteiger partial charge in [-0.25, -0.2) is 4.98 Å². The van der Waals surface area contributed by atoms with Crippen LogP contribution in [0.3, 0.4) is 0 Å². The highest BCUT2D eigenvalue weighted by Crippen LogP contribution is 2.28. The lowest BCUT2D eigenvalue weighted by molar-refractivity contribution is 0.938. The van der Waals surface area contributed by atoms with Gasteiger partial charge in [-0.15, -0.1) is 11.3 Å². The summed E-state index contributed by atoms with van der Waals surface area (Å²) in [5.74, 6) is 0. The molecule has 0 bridgehead atoms. The molecule has 0 aliphatic heterocycles. The highest BCUT2D eigenvalue weighted by atomic mass is 32.1. The molecule has 86 valence electrons. The van der Waals surface area contributed by atoms with Gasteiger partial charge in [0.2, 0.25) is 0 Å². The van der Waals surface area contributed by atoms with Crippen molar-refractivity contribution in [2.24, 2.45) is 0 Å². The van der Waals surface area contributed by atoms with Crippen molar-refractivity contribution in [3.05, 3.63) is 41.4 Å². The summed E-state index contributed by atoms with van der Waals surface area (Å²) in [5, 5.41) is 11.7. The van der Waals surface area contributed by atoms with Crippen LogP contribution < -0.4 is 4.90 Å². The van der Waals surface area contributed by atoms with Crippen LogP contribution in [0.15, 0.2) is 35.7 Å². The van der Waals surface area contributed by atoms with Crippen LogP contribution in [0.2, 0.25) is 0 Å². The fourth-order valence-corrected chi connectivity index (χ4v) is 2.42. The number of para-hydroxylation sites is 1. The first-order chi connectivity index (χ1) is 8.31. The number of nitriles is 1. The molecule has 0 spiro atoms. The van der Waals surface area contributed by atoms with E-state index in [1.807, 2.05) is 42.6 Å². The average Bonchev–Trinajstić information content (AvgIpc) is 2.78. The molecule has 0 aliphatic rings. The zero-order valence-electron chi connectivity index (χ0n) is 9.63. The number of thiazole rings is 1. The first-order valence-corrected chi connectivity index (χ1v) is 6.31. The number of aryl methyl sites for hydroxylation is 1.